The normalized spacial score (nSPS) is 16.5. The number of aryl methyl sites for hydroxylation is 1. The van der Waals surface area contributed by atoms with Crippen molar-refractivity contribution in [2.24, 2.45) is 0 Å². The van der Waals surface area contributed by atoms with Crippen molar-refractivity contribution in [3.63, 3.8) is 0 Å². The molecule has 1 aromatic heterocycles. The molecule has 0 saturated carbocycles. The Kier molecular flexibility index (Phi) is 5.55. The maximum Gasteiger partial charge on any atom is 0.320 e. The molecule has 1 atom stereocenters. The summed E-state index contributed by atoms with van der Waals surface area (Å²) >= 11 is 0. The second-order valence-electron chi connectivity index (χ2n) is 6.45. The second kappa shape index (κ2) is 8.02. The third kappa shape index (κ3) is 4.96. The Bertz CT molecular complexity index is 680. The summed E-state index contributed by atoms with van der Waals surface area (Å²) < 4.78 is 4.93. The molecule has 7 heteroatoms. The first-order valence-corrected chi connectivity index (χ1v) is 8.63. The average molecular weight is 343 g/mol. The van der Waals surface area contributed by atoms with Crippen molar-refractivity contribution in [2.75, 3.05) is 42.9 Å². The highest BCUT2D eigenvalue weighted by molar-refractivity contribution is 5.88. The molecule has 134 valence electrons. The van der Waals surface area contributed by atoms with Crippen molar-refractivity contribution >= 4 is 17.5 Å². The van der Waals surface area contributed by atoms with Crippen molar-refractivity contribution in [2.45, 2.75) is 19.9 Å². The third-order valence-corrected chi connectivity index (χ3v) is 4.27. The average Bonchev–Trinajstić information content (AvgIpc) is 3.01. The molecule has 3 rings (SSSR count). The van der Waals surface area contributed by atoms with Crippen LogP contribution in [0.1, 0.15) is 12.7 Å². The van der Waals surface area contributed by atoms with Gasteiger partial charge in [-0.15, -0.1) is 0 Å². The summed E-state index contributed by atoms with van der Waals surface area (Å²) in [6.45, 7) is 8.61. The van der Waals surface area contributed by atoms with Gasteiger partial charge in [0.2, 0.25) is 0 Å². The number of nitrogens with zero attached hydrogens (tertiary/aromatic N) is 3. The number of benzene rings is 1. The number of carbonyl (C=O) groups excluding carboxylic acids is 1. The lowest BCUT2D eigenvalue weighted by atomic mass is 10.2. The number of nitrogens with one attached hydrogen (secondary N) is 2. The van der Waals surface area contributed by atoms with Crippen LogP contribution < -0.4 is 15.5 Å². The van der Waals surface area contributed by atoms with Crippen LogP contribution in [-0.2, 0) is 0 Å². The lowest BCUT2D eigenvalue weighted by Gasteiger charge is -2.37. The van der Waals surface area contributed by atoms with Crippen molar-refractivity contribution < 1.29 is 9.32 Å². The Hall–Kier alpha value is -2.54. The molecule has 1 aliphatic rings. The molecule has 0 spiro atoms. The number of urea groups is 1. The number of hydrogen-bond acceptors (Lipinski definition) is 5. The molecule has 0 radical (unpaired) electrons. The van der Waals surface area contributed by atoms with Crippen molar-refractivity contribution in [3.05, 3.63) is 42.2 Å². The molecule has 2 aromatic rings. The fraction of sp³-hybridized carbons (Fsp3) is 0.444. The van der Waals surface area contributed by atoms with Crippen LogP contribution in [0.25, 0.3) is 0 Å². The number of piperazine rings is 1. The molecule has 0 unspecified atom stereocenters. The van der Waals surface area contributed by atoms with Gasteiger partial charge < -0.3 is 14.7 Å². The van der Waals surface area contributed by atoms with E-state index in [2.05, 4.69) is 49.9 Å². The van der Waals surface area contributed by atoms with Gasteiger partial charge in [0.05, 0.1) is 0 Å². The van der Waals surface area contributed by atoms with Crippen LogP contribution in [0.2, 0.25) is 0 Å². The van der Waals surface area contributed by atoms with Crippen LogP contribution in [-0.4, -0.2) is 54.9 Å². The predicted molar refractivity (Wildman–Crippen MR) is 98.0 cm³/mol. The summed E-state index contributed by atoms with van der Waals surface area (Å²) in [6, 6.07) is 12.0. The molecule has 7 nitrogen and oxygen atoms in total. The van der Waals surface area contributed by atoms with E-state index in [1.54, 1.807) is 13.0 Å². The van der Waals surface area contributed by atoms with Crippen LogP contribution in [0.5, 0.6) is 0 Å². The third-order valence-electron chi connectivity index (χ3n) is 4.27. The van der Waals surface area contributed by atoms with Crippen molar-refractivity contribution in [3.8, 4) is 0 Å². The number of aromatic nitrogens is 1. The first-order chi connectivity index (χ1) is 12.1. The lowest BCUT2D eigenvalue weighted by molar-refractivity contribution is 0.224. The number of para-hydroxylation sites is 1. The molecule has 2 amide bonds. The fourth-order valence-electron chi connectivity index (χ4n) is 3.06. The molecule has 2 N–H and O–H groups in total. The van der Waals surface area contributed by atoms with Crippen LogP contribution in [0.15, 0.2) is 40.9 Å². The van der Waals surface area contributed by atoms with Gasteiger partial charge in [0.15, 0.2) is 5.82 Å². The van der Waals surface area contributed by atoms with Crippen LogP contribution in [0, 0.1) is 6.92 Å². The highest BCUT2D eigenvalue weighted by atomic mass is 16.5. The van der Waals surface area contributed by atoms with Crippen LogP contribution in [0.4, 0.5) is 16.3 Å². The van der Waals surface area contributed by atoms with E-state index in [1.165, 1.54) is 5.69 Å². The van der Waals surface area contributed by atoms with E-state index in [4.69, 9.17) is 4.52 Å². The van der Waals surface area contributed by atoms with Gasteiger partial charge in [0, 0.05) is 50.5 Å². The van der Waals surface area contributed by atoms with E-state index in [1.807, 2.05) is 13.0 Å². The highest BCUT2D eigenvalue weighted by Gasteiger charge is 2.19. The Labute approximate surface area is 148 Å². The summed E-state index contributed by atoms with van der Waals surface area (Å²) in [5.41, 5.74) is 1.27. The van der Waals surface area contributed by atoms with E-state index in [9.17, 15) is 4.79 Å². The van der Waals surface area contributed by atoms with E-state index in [0.717, 1.165) is 32.7 Å². The first-order valence-electron chi connectivity index (χ1n) is 8.63. The molecule has 1 saturated heterocycles. The van der Waals surface area contributed by atoms with Gasteiger partial charge in [-0.25, -0.2) is 4.79 Å². The van der Waals surface area contributed by atoms with Gasteiger partial charge >= 0.3 is 6.03 Å². The quantitative estimate of drug-likeness (QED) is 0.871. The Balaban J connectivity index is 1.40. The van der Waals surface area contributed by atoms with Crippen LogP contribution in [0.3, 0.4) is 0 Å². The summed E-state index contributed by atoms with van der Waals surface area (Å²) in [5, 5.41) is 9.37. The molecule has 25 heavy (non-hydrogen) atoms. The first kappa shape index (κ1) is 17.3. The van der Waals surface area contributed by atoms with Crippen LogP contribution >= 0.6 is 0 Å². The Morgan fingerprint density at radius 1 is 1.24 bits per heavy atom. The zero-order valence-electron chi connectivity index (χ0n) is 14.7. The molecule has 0 aliphatic carbocycles. The zero-order valence-corrected chi connectivity index (χ0v) is 14.7. The monoisotopic (exact) mass is 343 g/mol. The fourth-order valence-corrected chi connectivity index (χ4v) is 3.06. The molecular formula is C18H25N5O2. The molecular weight excluding hydrogens is 318 g/mol. The number of anilines is 2. The minimum Gasteiger partial charge on any atom is -0.369 e. The van der Waals surface area contributed by atoms with Gasteiger partial charge in [-0.1, -0.05) is 23.4 Å². The topological polar surface area (TPSA) is 73.6 Å². The highest BCUT2D eigenvalue weighted by Crippen LogP contribution is 2.15. The number of rotatable bonds is 5. The molecule has 2 heterocycles. The SMILES string of the molecule is Cc1cc(NC(=O)N[C@H](C)CN2CCN(c3ccccc3)CC2)no1. The van der Waals surface area contributed by atoms with E-state index in [0.29, 0.717) is 11.6 Å². The smallest absolute Gasteiger partial charge is 0.320 e. The van der Waals surface area contributed by atoms with Gasteiger partial charge in [0.25, 0.3) is 0 Å². The molecule has 1 aliphatic heterocycles. The molecule has 1 fully saturated rings. The zero-order chi connectivity index (χ0) is 17.6. The van der Waals surface area contributed by atoms with Gasteiger partial charge in [-0.05, 0) is 26.0 Å². The maximum atomic E-state index is 12.0. The number of carbonyl (C=O) groups is 1. The summed E-state index contributed by atoms with van der Waals surface area (Å²) in [7, 11) is 0. The Morgan fingerprint density at radius 2 is 1.96 bits per heavy atom. The second-order valence-corrected chi connectivity index (χ2v) is 6.45. The molecule has 1 aromatic carbocycles. The predicted octanol–water partition coefficient (Wildman–Crippen LogP) is 2.32. The van der Waals surface area contributed by atoms with Gasteiger partial charge in [-0.2, -0.15) is 0 Å². The number of hydrogen-bond donors (Lipinski definition) is 2. The minimum atomic E-state index is -0.260. The molecule has 0 bridgehead atoms. The Morgan fingerprint density at radius 3 is 2.60 bits per heavy atom. The van der Waals surface area contributed by atoms with E-state index in [-0.39, 0.29) is 12.1 Å². The minimum absolute atomic E-state index is 0.0521. The standard InChI is InChI=1S/C18H25N5O2/c1-14(19-18(24)20-17-12-15(2)25-21-17)13-22-8-10-23(11-9-22)16-6-4-3-5-7-16/h3-7,12,14H,8-11,13H2,1-2H3,(H2,19,20,21,24)/t14-/m1/s1. The van der Waals surface area contributed by atoms with E-state index >= 15 is 0 Å². The summed E-state index contributed by atoms with van der Waals surface area (Å²) in [4.78, 5) is 16.8. The largest absolute Gasteiger partial charge is 0.369 e. The van der Waals surface area contributed by atoms with E-state index < -0.39 is 0 Å². The summed E-state index contributed by atoms with van der Waals surface area (Å²) in [5.74, 6) is 1.10. The van der Waals surface area contributed by atoms with Crippen molar-refractivity contribution in [1.82, 2.24) is 15.4 Å². The maximum absolute atomic E-state index is 12.0. The van der Waals surface area contributed by atoms with Gasteiger partial charge in [-0.3, -0.25) is 10.2 Å². The van der Waals surface area contributed by atoms with Crippen molar-refractivity contribution in [1.29, 1.82) is 0 Å². The summed E-state index contributed by atoms with van der Waals surface area (Å²) in [6.07, 6.45) is 0. The lowest BCUT2D eigenvalue weighted by Crippen LogP contribution is -2.51. The van der Waals surface area contributed by atoms with Gasteiger partial charge in [0.1, 0.15) is 5.76 Å². The number of amides is 2.